The minimum atomic E-state index is 0.967. The highest BCUT2D eigenvalue weighted by molar-refractivity contribution is 8.03. The molecular weight excluding hydrogens is 152 g/mol. The molecule has 0 aromatic rings. The number of hydrogen-bond acceptors (Lipinski definition) is 1. The Kier molecular flexibility index (Phi) is 4.54. The van der Waals surface area contributed by atoms with Crippen molar-refractivity contribution < 1.29 is 0 Å². The van der Waals surface area contributed by atoms with E-state index in [9.17, 15) is 0 Å². The fourth-order valence-electron chi connectivity index (χ4n) is 1.59. The zero-order chi connectivity index (χ0) is 7.94. The summed E-state index contributed by atoms with van der Waals surface area (Å²) in [5.41, 5.74) is 0. The van der Waals surface area contributed by atoms with Gasteiger partial charge in [0.15, 0.2) is 0 Å². The van der Waals surface area contributed by atoms with E-state index in [0.717, 1.165) is 5.92 Å². The average molecular weight is 168 g/mol. The first-order valence-corrected chi connectivity index (χ1v) is 5.45. The maximum absolute atomic E-state index is 3.06. The van der Waals surface area contributed by atoms with Crippen LogP contribution in [0.1, 0.15) is 39.0 Å². The summed E-state index contributed by atoms with van der Waals surface area (Å²) in [5.74, 6) is 5.15. The van der Waals surface area contributed by atoms with Gasteiger partial charge in [-0.2, -0.15) is 0 Å². The zero-order valence-electron chi connectivity index (χ0n) is 7.23. The van der Waals surface area contributed by atoms with Gasteiger partial charge in [0.1, 0.15) is 0 Å². The molecule has 0 N–H and O–H groups in total. The summed E-state index contributed by atoms with van der Waals surface area (Å²) in [5, 5.41) is 3.06. The summed E-state index contributed by atoms with van der Waals surface area (Å²) in [6.07, 6.45) is 7.24. The molecule has 11 heavy (non-hydrogen) atoms. The van der Waals surface area contributed by atoms with Gasteiger partial charge in [0.2, 0.25) is 0 Å². The van der Waals surface area contributed by atoms with Gasteiger partial charge in [0.25, 0.3) is 0 Å². The van der Waals surface area contributed by atoms with Crippen molar-refractivity contribution in [2.45, 2.75) is 39.0 Å². The van der Waals surface area contributed by atoms with E-state index in [1.165, 1.54) is 37.9 Å². The van der Waals surface area contributed by atoms with Crippen LogP contribution < -0.4 is 0 Å². The Bertz CT molecular complexity index is 146. The first-order valence-electron chi connectivity index (χ1n) is 4.47. The fraction of sp³-hybridized carbons (Fsp3) is 0.800. The number of rotatable bonds is 2. The molecule has 1 heteroatoms. The number of hydrogen-bond donors (Lipinski definition) is 0. The summed E-state index contributed by atoms with van der Waals surface area (Å²) in [6.45, 7) is 1.91. The van der Waals surface area contributed by atoms with E-state index >= 15 is 0 Å². The second-order valence-corrected chi connectivity index (χ2v) is 3.99. The Balaban J connectivity index is 2.08. The molecule has 1 fully saturated rings. The minimum Gasteiger partial charge on any atom is -0.0947 e. The largest absolute Gasteiger partial charge is 0.0947 e. The van der Waals surface area contributed by atoms with Gasteiger partial charge in [-0.1, -0.05) is 36.9 Å². The predicted octanol–water partition coefficient (Wildman–Crippen LogP) is 3.28. The Hall–Kier alpha value is -0.0900. The molecule has 1 aliphatic carbocycles. The van der Waals surface area contributed by atoms with Gasteiger partial charge in [-0.15, -0.1) is 0 Å². The van der Waals surface area contributed by atoms with E-state index in [0.29, 0.717) is 0 Å². The van der Waals surface area contributed by atoms with Crippen LogP contribution in [-0.4, -0.2) is 5.75 Å². The molecule has 0 radical (unpaired) electrons. The van der Waals surface area contributed by atoms with E-state index < -0.39 is 0 Å². The normalized spacial score (nSPS) is 19.0. The van der Waals surface area contributed by atoms with Crippen molar-refractivity contribution in [3.8, 4) is 11.2 Å². The van der Waals surface area contributed by atoms with E-state index in [1.54, 1.807) is 11.8 Å². The van der Waals surface area contributed by atoms with Crippen molar-refractivity contribution >= 4 is 11.8 Å². The minimum absolute atomic E-state index is 0.967. The van der Waals surface area contributed by atoms with Gasteiger partial charge < -0.3 is 0 Å². The zero-order valence-corrected chi connectivity index (χ0v) is 8.04. The van der Waals surface area contributed by atoms with E-state index in [4.69, 9.17) is 0 Å². The summed E-state index contributed by atoms with van der Waals surface area (Å²) < 4.78 is 0. The van der Waals surface area contributed by atoms with Gasteiger partial charge >= 0.3 is 0 Å². The molecule has 0 aliphatic heterocycles. The van der Waals surface area contributed by atoms with Crippen molar-refractivity contribution in [3.05, 3.63) is 0 Å². The van der Waals surface area contributed by atoms with Gasteiger partial charge in [0, 0.05) is 5.75 Å². The molecule has 0 aromatic carbocycles. The topological polar surface area (TPSA) is 0 Å². The lowest BCUT2D eigenvalue weighted by Gasteiger charge is -2.19. The predicted molar refractivity (Wildman–Crippen MR) is 52.5 cm³/mol. The molecule has 62 valence electrons. The molecule has 0 aromatic heterocycles. The molecule has 1 aliphatic rings. The molecular formula is C10H16S. The first-order chi connectivity index (χ1) is 5.43. The molecule has 0 nitrogen and oxygen atoms in total. The highest BCUT2D eigenvalue weighted by atomic mass is 32.2. The van der Waals surface area contributed by atoms with Gasteiger partial charge in [0.05, 0.1) is 0 Å². The molecule has 0 spiro atoms. The summed E-state index contributed by atoms with van der Waals surface area (Å²) >= 11 is 1.80. The lowest BCUT2D eigenvalue weighted by Crippen LogP contribution is -2.07. The Morgan fingerprint density at radius 3 is 2.64 bits per heavy atom. The van der Waals surface area contributed by atoms with Crippen molar-refractivity contribution in [2.75, 3.05) is 5.75 Å². The maximum atomic E-state index is 3.06. The lowest BCUT2D eigenvalue weighted by molar-refractivity contribution is 0.391. The third-order valence-corrected chi connectivity index (χ3v) is 3.20. The molecule has 0 unspecified atom stereocenters. The summed E-state index contributed by atoms with van der Waals surface area (Å²) in [4.78, 5) is 0. The summed E-state index contributed by atoms with van der Waals surface area (Å²) in [6, 6.07) is 0. The third kappa shape index (κ3) is 3.72. The third-order valence-electron chi connectivity index (χ3n) is 2.22. The van der Waals surface area contributed by atoms with Crippen LogP contribution in [0.3, 0.4) is 0 Å². The average Bonchev–Trinajstić information content (AvgIpc) is 2.07. The highest BCUT2D eigenvalue weighted by Crippen LogP contribution is 2.26. The lowest BCUT2D eigenvalue weighted by atomic mass is 9.91. The SMILES string of the molecule is CC#CSCC1CCCCC1. The second-order valence-electron chi connectivity index (χ2n) is 3.17. The molecule has 0 saturated heterocycles. The van der Waals surface area contributed by atoms with Crippen molar-refractivity contribution in [3.63, 3.8) is 0 Å². The quantitative estimate of drug-likeness (QED) is 0.570. The van der Waals surface area contributed by atoms with Crippen molar-refractivity contribution in [1.82, 2.24) is 0 Å². The van der Waals surface area contributed by atoms with Crippen LogP contribution in [0.5, 0.6) is 0 Å². The smallest absolute Gasteiger partial charge is 0.00850 e. The highest BCUT2D eigenvalue weighted by Gasteiger charge is 2.12. The van der Waals surface area contributed by atoms with Crippen molar-refractivity contribution in [2.24, 2.45) is 5.92 Å². The van der Waals surface area contributed by atoms with Crippen LogP contribution in [0, 0.1) is 17.1 Å². The van der Waals surface area contributed by atoms with E-state index in [-0.39, 0.29) is 0 Å². The van der Waals surface area contributed by atoms with Crippen LogP contribution >= 0.6 is 11.8 Å². The van der Waals surface area contributed by atoms with Crippen LogP contribution in [-0.2, 0) is 0 Å². The number of thioether (sulfide) groups is 1. The molecule has 1 rings (SSSR count). The van der Waals surface area contributed by atoms with Crippen LogP contribution in [0.4, 0.5) is 0 Å². The molecule has 0 atom stereocenters. The Morgan fingerprint density at radius 2 is 2.00 bits per heavy atom. The Labute approximate surface area is 74.1 Å². The van der Waals surface area contributed by atoms with Crippen LogP contribution in [0.15, 0.2) is 0 Å². The monoisotopic (exact) mass is 168 g/mol. The molecule has 0 amide bonds. The van der Waals surface area contributed by atoms with Crippen LogP contribution in [0.2, 0.25) is 0 Å². The van der Waals surface area contributed by atoms with E-state index in [2.05, 4.69) is 11.2 Å². The second kappa shape index (κ2) is 5.55. The molecule has 0 heterocycles. The van der Waals surface area contributed by atoms with Crippen LogP contribution in [0.25, 0.3) is 0 Å². The van der Waals surface area contributed by atoms with Gasteiger partial charge in [-0.3, -0.25) is 0 Å². The van der Waals surface area contributed by atoms with Gasteiger partial charge in [-0.25, -0.2) is 0 Å². The standard InChI is InChI=1S/C10H16S/c1-2-8-11-9-10-6-4-3-5-7-10/h10H,3-7,9H2,1H3. The van der Waals surface area contributed by atoms with E-state index in [1.807, 2.05) is 6.92 Å². The molecule has 1 saturated carbocycles. The first kappa shape index (κ1) is 9.00. The fourth-order valence-corrected chi connectivity index (χ4v) is 2.38. The van der Waals surface area contributed by atoms with Gasteiger partial charge in [-0.05, 0) is 30.9 Å². The van der Waals surface area contributed by atoms with Crippen molar-refractivity contribution in [1.29, 1.82) is 0 Å². The molecule has 0 bridgehead atoms. The summed E-state index contributed by atoms with van der Waals surface area (Å²) in [7, 11) is 0. The maximum Gasteiger partial charge on any atom is 0.00850 e. The Morgan fingerprint density at radius 1 is 1.27 bits per heavy atom.